The first-order valence-corrected chi connectivity index (χ1v) is 8.12. The van der Waals surface area contributed by atoms with Crippen molar-refractivity contribution in [2.45, 2.75) is 46.0 Å². The molecule has 3 heteroatoms. The fourth-order valence-corrected chi connectivity index (χ4v) is 2.45. The van der Waals surface area contributed by atoms with E-state index in [0.717, 1.165) is 25.9 Å². The van der Waals surface area contributed by atoms with Crippen molar-refractivity contribution in [1.82, 2.24) is 4.90 Å². The van der Waals surface area contributed by atoms with E-state index in [1.807, 2.05) is 6.07 Å². The number of hydrogen-bond acceptors (Lipinski definition) is 2. The summed E-state index contributed by atoms with van der Waals surface area (Å²) in [6.45, 7) is 6.59. The van der Waals surface area contributed by atoms with Gasteiger partial charge in [0.25, 0.3) is 0 Å². The van der Waals surface area contributed by atoms with E-state index in [0.29, 0.717) is 6.54 Å². The number of hydrogen-bond donors (Lipinski definition) is 1. The molecular formula is C18H29NO2. The van der Waals surface area contributed by atoms with Gasteiger partial charge < -0.3 is 10.0 Å². The number of nitrogens with zero attached hydrogens (tertiary/aromatic N) is 1. The molecule has 3 nitrogen and oxygen atoms in total. The van der Waals surface area contributed by atoms with Crippen LogP contribution in [-0.4, -0.2) is 35.6 Å². The van der Waals surface area contributed by atoms with Crippen LogP contribution < -0.4 is 0 Å². The van der Waals surface area contributed by atoms with Crippen molar-refractivity contribution in [2.24, 2.45) is 5.92 Å². The van der Waals surface area contributed by atoms with Gasteiger partial charge in [-0.05, 0) is 24.9 Å². The zero-order chi connectivity index (χ0) is 15.5. The fourth-order valence-electron chi connectivity index (χ4n) is 2.45. The minimum atomic E-state index is -0.701. The van der Waals surface area contributed by atoms with E-state index in [1.165, 1.54) is 24.8 Å². The minimum Gasteiger partial charge on any atom is -0.481 e. The molecule has 0 aliphatic heterocycles. The first kappa shape index (κ1) is 17.7. The lowest BCUT2D eigenvalue weighted by molar-refractivity contribution is -0.141. The smallest absolute Gasteiger partial charge is 0.307 e. The molecule has 0 saturated carbocycles. The molecule has 21 heavy (non-hydrogen) atoms. The van der Waals surface area contributed by atoms with Crippen LogP contribution in [0.1, 0.15) is 45.1 Å². The molecule has 0 spiro atoms. The van der Waals surface area contributed by atoms with Crippen LogP contribution in [0.15, 0.2) is 30.3 Å². The van der Waals surface area contributed by atoms with Gasteiger partial charge in [-0.1, -0.05) is 63.4 Å². The zero-order valence-corrected chi connectivity index (χ0v) is 13.4. The predicted octanol–water partition coefficient (Wildman–Crippen LogP) is 3.83. The number of carboxylic acids is 1. The van der Waals surface area contributed by atoms with Crippen molar-refractivity contribution < 1.29 is 9.90 Å². The molecule has 0 aliphatic carbocycles. The molecule has 0 bridgehead atoms. The lowest BCUT2D eigenvalue weighted by Crippen LogP contribution is -2.34. The summed E-state index contributed by atoms with van der Waals surface area (Å²) in [7, 11) is 0. The molecule has 1 aromatic carbocycles. The number of carboxylic acid groups (broad SMARTS) is 1. The number of carbonyl (C=O) groups is 1. The third-order valence-corrected chi connectivity index (χ3v) is 3.84. The van der Waals surface area contributed by atoms with Crippen LogP contribution in [0.4, 0.5) is 0 Å². The van der Waals surface area contributed by atoms with Crippen LogP contribution in [0.3, 0.4) is 0 Å². The highest BCUT2D eigenvalue weighted by Crippen LogP contribution is 2.08. The summed E-state index contributed by atoms with van der Waals surface area (Å²) in [6, 6.07) is 10.4. The average molecular weight is 291 g/mol. The first-order valence-electron chi connectivity index (χ1n) is 8.12. The first-order chi connectivity index (χ1) is 10.1. The molecule has 0 fully saturated rings. The quantitative estimate of drug-likeness (QED) is 0.630. The largest absolute Gasteiger partial charge is 0.481 e. The fraction of sp³-hybridized carbons (Fsp3) is 0.611. The monoisotopic (exact) mass is 291 g/mol. The molecular weight excluding hydrogens is 262 g/mol. The molecule has 1 rings (SSSR count). The van der Waals surface area contributed by atoms with Crippen LogP contribution in [0.5, 0.6) is 0 Å². The summed E-state index contributed by atoms with van der Waals surface area (Å²) in [5.41, 5.74) is 1.32. The van der Waals surface area contributed by atoms with E-state index in [2.05, 4.69) is 36.1 Å². The molecule has 0 saturated heterocycles. The molecule has 118 valence electrons. The van der Waals surface area contributed by atoms with E-state index in [-0.39, 0.29) is 5.92 Å². The van der Waals surface area contributed by atoms with Gasteiger partial charge in [0.2, 0.25) is 0 Å². The number of aliphatic carboxylic acids is 1. The van der Waals surface area contributed by atoms with E-state index in [4.69, 9.17) is 5.11 Å². The van der Waals surface area contributed by atoms with Gasteiger partial charge in [-0.15, -0.1) is 0 Å². The molecule has 0 heterocycles. The van der Waals surface area contributed by atoms with Crippen LogP contribution in [-0.2, 0) is 11.2 Å². The molecule has 1 atom stereocenters. The van der Waals surface area contributed by atoms with Crippen molar-refractivity contribution in [3.8, 4) is 0 Å². The third-order valence-electron chi connectivity index (χ3n) is 3.84. The van der Waals surface area contributed by atoms with E-state index >= 15 is 0 Å². The van der Waals surface area contributed by atoms with E-state index in [9.17, 15) is 4.79 Å². The Balaban J connectivity index is 2.44. The number of rotatable bonds is 11. The molecule has 0 aromatic heterocycles. The molecule has 1 aromatic rings. The summed E-state index contributed by atoms with van der Waals surface area (Å²) in [5, 5.41) is 9.10. The topological polar surface area (TPSA) is 40.5 Å². The van der Waals surface area contributed by atoms with Gasteiger partial charge >= 0.3 is 5.97 Å². The lowest BCUT2D eigenvalue weighted by atomic mass is 10.1. The highest BCUT2D eigenvalue weighted by Gasteiger charge is 2.15. The van der Waals surface area contributed by atoms with Crippen LogP contribution in [0, 0.1) is 5.92 Å². The zero-order valence-electron chi connectivity index (χ0n) is 13.4. The molecule has 1 N–H and O–H groups in total. The maximum absolute atomic E-state index is 11.1. The Morgan fingerprint density at radius 2 is 1.86 bits per heavy atom. The van der Waals surface area contributed by atoms with Gasteiger partial charge in [0.05, 0.1) is 5.92 Å². The third kappa shape index (κ3) is 7.86. The van der Waals surface area contributed by atoms with Crippen molar-refractivity contribution in [3.05, 3.63) is 35.9 Å². The van der Waals surface area contributed by atoms with Crippen LogP contribution in [0.2, 0.25) is 0 Å². The van der Waals surface area contributed by atoms with Gasteiger partial charge in [-0.2, -0.15) is 0 Å². The van der Waals surface area contributed by atoms with Crippen LogP contribution in [0.25, 0.3) is 0 Å². The highest BCUT2D eigenvalue weighted by atomic mass is 16.4. The highest BCUT2D eigenvalue weighted by molar-refractivity contribution is 5.69. The predicted molar refractivity (Wildman–Crippen MR) is 87.5 cm³/mol. The number of benzene rings is 1. The van der Waals surface area contributed by atoms with Crippen LogP contribution >= 0.6 is 0 Å². The average Bonchev–Trinajstić information content (AvgIpc) is 2.49. The van der Waals surface area contributed by atoms with E-state index < -0.39 is 5.97 Å². The van der Waals surface area contributed by atoms with Gasteiger partial charge in [0.1, 0.15) is 0 Å². The summed E-state index contributed by atoms with van der Waals surface area (Å²) in [4.78, 5) is 13.4. The van der Waals surface area contributed by atoms with Gasteiger partial charge in [0, 0.05) is 13.1 Å². The van der Waals surface area contributed by atoms with Gasteiger partial charge in [-0.25, -0.2) is 0 Å². The van der Waals surface area contributed by atoms with Gasteiger partial charge in [-0.3, -0.25) is 4.79 Å². The Labute approximate surface area is 129 Å². The normalized spacial score (nSPS) is 12.5. The Kier molecular flexibility index (Phi) is 8.76. The Morgan fingerprint density at radius 1 is 1.14 bits per heavy atom. The Bertz CT molecular complexity index is 391. The molecule has 0 radical (unpaired) electrons. The van der Waals surface area contributed by atoms with E-state index in [1.54, 1.807) is 6.92 Å². The number of unbranched alkanes of at least 4 members (excludes halogenated alkanes) is 3. The second kappa shape index (κ2) is 10.4. The second-order valence-corrected chi connectivity index (χ2v) is 5.84. The summed E-state index contributed by atoms with van der Waals surface area (Å²) in [5.74, 6) is -1.000. The molecule has 0 aliphatic rings. The maximum atomic E-state index is 11.1. The SMILES string of the molecule is CCCCCCN(CCc1ccccc1)CC(C)C(=O)O. The second-order valence-electron chi connectivity index (χ2n) is 5.84. The summed E-state index contributed by atoms with van der Waals surface area (Å²) < 4.78 is 0. The standard InChI is InChI=1S/C18H29NO2/c1-3-4-5-9-13-19(15-16(2)18(20)21)14-12-17-10-7-6-8-11-17/h6-8,10-11,16H,3-5,9,12-15H2,1-2H3,(H,20,21). The summed E-state index contributed by atoms with van der Waals surface area (Å²) in [6.07, 6.45) is 5.88. The van der Waals surface area contributed by atoms with Crippen molar-refractivity contribution in [3.63, 3.8) is 0 Å². The molecule has 0 amide bonds. The van der Waals surface area contributed by atoms with Gasteiger partial charge in [0.15, 0.2) is 0 Å². The molecule has 1 unspecified atom stereocenters. The Hall–Kier alpha value is -1.35. The van der Waals surface area contributed by atoms with Crippen molar-refractivity contribution in [2.75, 3.05) is 19.6 Å². The van der Waals surface area contributed by atoms with Crippen molar-refractivity contribution in [1.29, 1.82) is 0 Å². The Morgan fingerprint density at radius 3 is 2.48 bits per heavy atom. The minimum absolute atomic E-state index is 0.299. The maximum Gasteiger partial charge on any atom is 0.307 e. The summed E-state index contributed by atoms with van der Waals surface area (Å²) >= 11 is 0. The van der Waals surface area contributed by atoms with Crippen molar-refractivity contribution >= 4 is 5.97 Å². The lowest BCUT2D eigenvalue weighted by Gasteiger charge is -2.24.